The van der Waals surface area contributed by atoms with Crippen LogP contribution in [0.25, 0.3) is 0 Å². The van der Waals surface area contributed by atoms with E-state index in [1.807, 2.05) is 6.92 Å². The Morgan fingerprint density at radius 2 is 1.85 bits per heavy atom. The average molecular weight is 375 g/mol. The number of nitrogens with zero attached hydrogens (tertiary/aromatic N) is 3. The van der Waals surface area contributed by atoms with Gasteiger partial charge in [-0.2, -0.15) is 0 Å². The van der Waals surface area contributed by atoms with E-state index in [0.717, 1.165) is 12.0 Å². The number of carbonyl (C=O) groups is 3. The highest BCUT2D eigenvalue weighted by molar-refractivity contribution is 6.00. The maximum absolute atomic E-state index is 14.2. The van der Waals surface area contributed by atoms with Crippen LogP contribution in [0.15, 0.2) is 18.2 Å². The highest BCUT2D eigenvalue weighted by atomic mass is 19.1. The highest BCUT2D eigenvalue weighted by Gasteiger charge is 2.38. The van der Waals surface area contributed by atoms with Crippen molar-refractivity contribution in [1.29, 1.82) is 0 Å². The summed E-state index contributed by atoms with van der Waals surface area (Å²) in [7, 11) is 0. The van der Waals surface area contributed by atoms with E-state index in [1.54, 1.807) is 28.9 Å². The maximum Gasteiger partial charge on any atom is 0.228 e. The van der Waals surface area contributed by atoms with Gasteiger partial charge in [-0.15, -0.1) is 0 Å². The number of hydrogen-bond donors (Lipinski definition) is 0. The second-order valence-corrected chi connectivity index (χ2v) is 7.27. The van der Waals surface area contributed by atoms with Gasteiger partial charge in [0.15, 0.2) is 0 Å². The number of carbonyl (C=O) groups excluding carboxylic acids is 3. The topological polar surface area (TPSA) is 60.9 Å². The summed E-state index contributed by atoms with van der Waals surface area (Å²) in [6, 6.07) is 4.75. The third-order valence-corrected chi connectivity index (χ3v) is 5.33. The molecule has 0 spiro atoms. The van der Waals surface area contributed by atoms with Gasteiger partial charge in [0.1, 0.15) is 5.82 Å². The first-order valence-electron chi connectivity index (χ1n) is 9.53. The van der Waals surface area contributed by atoms with Crippen molar-refractivity contribution in [2.24, 2.45) is 5.92 Å². The monoisotopic (exact) mass is 375 g/mol. The lowest BCUT2D eigenvalue weighted by Crippen LogP contribution is -2.40. The minimum absolute atomic E-state index is 0.0795. The fraction of sp³-hybridized carbons (Fsp3) is 0.550. The van der Waals surface area contributed by atoms with Gasteiger partial charge in [0.25, 0.3) is 0 Å². The molecule has 7 heteroatoms. The number of hydrogen-bond acceptors (Lipinski definition) is 3. The van der Waals surface area contributed by atoms with E-state index in [0.29, 0.717) is 32.6 Å². The van der Waals surface area contributed by atoms with E-state index in [1.165, 1.54) is 11.0 Å². The quantitative estimate of drug-likeness (QED) is 0.811. The molecule has 2 aliphatic rings. The summed E-state index contributed by atoms with van der Waals surface area (Å²) < 4.78 is 14.2. The van der Waals surface area contributed by atoms with Crippen molar-refractivity contribution in [3.05, 3.63) is 29.6 Å². The average Bonchev–Trinajstić information content (AvgIpc) is 2.87. The molecule has 0 aliphatic carbocycles. The van der Waals surface area contributed by atoms with Gasteiger partial charge in [0.05, 0.1) is 11.6 Å². The van der Waals surface area contributed by atoms with Crippen LogP contribution in [0.3, 0.4) is 0 Å². The SMILES string of the molecule is CCC(=O)N1CCCN(C(=O)C2CC(=O)N(c3ccc(C)cc3F)C2)CC1. The molecular formula is C20H26FN3O3. The molecule has 0 saturated carbocycles. The second kappa shape index (κ2) is 8.06. The van der Waals surface area contributed by atoms with Crippen LogP contribution in [0.4, 0.5) is 10.1 Å². The molecule has 0 radical (unpaired) electrons. The van der Waals surface area contributed by atoms with Crippen molar-refractivity contribution in [3.63, 3.8) is 0 Å². The van der Waals surface area contributed by atoms with E-state index in [2.05, 4.69) is 0 Å². The standard InChI is InChI=1S/C20H26FN3O3/c1-3-18(25)22-7-4-8-23(10-9-22)20(27)15-12-19(26)24(13-15)17-6-5-14(2)11-16(17)21/h5-6,11,15H,3-4,7-10,12-13H2,1-2H3. The largest absolute Gasteiger partial charge is 0.341 e. The molecule has 1 aromatic rings. The van der Waals surface area contributed by atoms with Crippen LogP contribution in [0, 0.1) is 18.7 Å². The fourth-order valence-corrected chi connectivity index (χ4v) is 3.81. The first-order valence-corrected chi connectivity index (χ1v) is 9.53. The Balaban J connectivity index is 1.66. The van der Waals surface area contributed by atoms with Gasteiger partial charge in [-0.3, -0.25) is 14.4 Å². The van der Waals surface area contributed by atoms with Crippen molar-refractivity contribution >= 4 is 23.4 Å². The molecule has 2 saturated heterocycles. The molecule has 2 heterocycles. The van der Waals surface area contributed by atoms with Gasteiger partial charge >= 0.3 is 0 Å². The van der Waals surface area contributed by atoms with E-state index in [9.17, 15) is 18.8 Å². The summed E-state index contributed by atoms with van der Waals surface area (Å²) in [5, 5.41) is 0. The van der Waals surface area contributed by atoms with Crippen LogP contribution in [-0.2, 0) is 14.4 Å². The Labute approximate surface area is 158 Å². The summed E-state index contributed by atoms with van der Waals surface area (Å²) in [5.74, 6) is -1.12. The lowest BCUT2D eigenvalue weighted by atomic mass is 10.1. The summed E-state index contributed by atoms with van der Waals surface area (Å²) in [6.45, 7) is 6.06. The van der Waals surface area contributed by atoms with Gasteiger partial charge in [-0.05, 0) is 31.0 Å². The molecule has 1 unspecified atom stereocenters. The van der Waals surface area contributed by atoms with E-state index in [-0.39, 0.29) is 36.4 Å². The van der Waals surface area contributed by atoms with Gasteiger partial charge < -0.3 is 14.7 Å². The summed E-state index contributed by atoms with van der Waals surface area (Å²) in [4.78, 5) is 42.1. The van der Waals surface area contributed by atoms with E-state index >= 15 is 0 Å². The lowest BCUT2D eigenvalue weighted by Gasteiger charge is -2.24. The number of anilines is 1. The molecule has 6 nitrogen and oxygen atoms in total. The van der Waals surface area contributed by atoms with Gasteiger partial charge in [0.2, 0.25) is 17.7 Å². The zero-order valence-corrected chi connectivity index (χ0v) is 15.9. The minimum Gasteiger partial charge on any atom is -0.341 e. The van der Waals surface area contributed by atoms with Crippen LogP contribution in [-0.4, -0.2) is 60.2 Å². The van der Waals surface area contributed by atoms with Gasteiger partial charge in [-0.1, -0.05) is 13.0 Å². The van der Waals surface area contributed by atoms with Crippen molar-refractivity contribution in [2.45, 2.75) is 33.1 Å². The molecule has 0 bridgehead atoms. The molecule has 1 atom stereocenters. The number of rotatable bonds is 3. The van der Waals surface area contributed by atoms with Gasteiger partial charge in [0, 0.05) is 45.6 Å². The Hall–Kier alpha value is -2.44. The third-order valence-electron chi connectivity index (χ3n) is 5.33. The van der Waals surface area contributed by atoms with Crippen LogP contribution in [0.2, 0.25) is 0 Å². The molecule has 3 amide bonds. The Morgan fingerprint density at radius 1 is 1.15 bits per heavy atom. The summed E-state index contributed by atoms with van der Waals surface area (Å²) in [6.07, 6.45) is 1.29. The van der Waals surface area contributed by atoms with E-state index < -0.39 is 11.7 Å². The van der Waals surface area contributed by atoms with Gasteiger partial charge in [-0.25, -0.2) is 4.39 Å². The first kappa shape index (κ1) is 19.3. The van der Waals surface area contributed by atoms with Crippen molar-refractivity contribution in [3.8, 4) is 0 Å². The smallest absolute Gasteiger partial charge is 0.228 e. The van der Waals surface area contributed by atoms with Crippen LogP contribution in [0.1, 0.15) is 31.7 Å². The molecule has 2 fully saturated rings. The molecule has 0 N–H and O–H groups in total. The third kappa shape index (κ3) is 4.12. The Morgan fingerprint density at radius 3 is 2.56 bits per heavy atom. The number of benzene rings is 1. The Kier molecular flexibility index (Phi) is 5.77. The van der Waals surface area contributed by atoms with Crippen LogP contribution >= 0.6 is 0 Å². The minimum atomic E-state index is -0.466. The summed E-state index contributed by atoms with van der Waals surface area (Å²) in [5.41, 5.74) is 1.02. The molecular weight excluding hydrogens is 349 g/mol. The Bertz CT molecular complexity index is 752. The first-order chi connectivity index (χ1) is 12.9. The predicted molar refractivity (Wildman–Crippen MR) is 99.7 cm³/mol. The molecule has 1 aromatic carbocycles. The van der Waals surface area contributed by atoms with Crippen molar-refractivity contribution in [2.75, 3.05) is 37.6 Å². The highest BCUT2D eigenvalue weighted by Crippen LogP contribution is 2.29. The van der Waals surface area contributed by atoms with Crippen molar-refractivity contribution < 1.29 is 18.8 Å². The predicted octanol–water partition coefficient (Wildman–Crippen LogP) is 1.96. The lowest BCUT2D eigenvalue weighted by molar-refractivity contribution is -0.136. The van der Waals surface area contributed by atoms with E-state index in [4.69, 9.17) is 0 Å². The normalized spacial score (nSPS) is 20.8. The van der Waals surface area contributed by atoms with Crippen LogP contribution in [0.5, 0.6) is 0 Å². The molecule has 27 heavy (non-hydrogen) atoms. The molecule has 0 aromatic heterocycles. The zero-order valence-electron chi connectivity index (χ0n) is 15.9. The molecule has 146 valence electrons. The second-order valence-electron chi connectivity index (χ2n) is 7.27. The number of aryl methyl sites for hydroxylation is 1. The van der Waals surface area contributed by atoms with Crippen molar-refractivity contribution in [1.82, 2.24) is 9.80 Å². The summed E-state index contributed by atoms with van der Waals surface area (Å²) >= 11 is 0. The number of halogens is 1. The zero-order chi connectivity index (χ0) is 19.6. The maximum atomic E-state index is 14.2. The number of amides is 3. The molecule has 3 rings (SSSR count). The molecule has 2 aliphatic heterocycles. The van der Waals surface area contributed by atoms with Crippen LogP contribution < -0.4 is 4.90 Å². The fourth-order valence-electron chi connectivity index (χ4n) is 3.81.